The summed E-state index contributed by atoms with van der Waals surface area (Å²) in [6.45, 7) is 13.0. The van der Waals surface area contributed by atoms with Crippen molar-refractivity contribution >= 4 is 58.9 Å². The molecular weight excluding hydrogens is 818 g/mol. The van der Waals surface area contributed by atoms with Crippen LogP contribution in [0.3, 0.4) is 0 Å². The van der Waals surface area contributed by atoms with Gasteiger partial charge in [-0.2, -0.15) is 0 Å². The molecule has 3 aromatic rings. The van der Waals surface area contributed by atoms with E-state index in [9.17, 15) is 28.8 Å². The average molecular weight is 886 g/mol. The number of anilines is 2. The molecule has 1 aliphatic heterocycles. The Morgan fingerprint density at radius 3 is 2.03 bits per heavy atom. The number of nitrogens with zero attached hydrogens (tertiary/aromatic N) is 1. The number of unbranched alkanes of at least 4 members (excludes halogenated alkanes) is 1. The van der Waals surface area contributed by atoms with E-state index < -0.39 is 12.1 Å². The van der Waals surface area contributed by atoms with Crippen LogP contribution in [-0.2, 0) is 41.9 Å². The van der Waals surface area contributed by atoms with Crippen molar-refractivity contribution in [1.82, 2.24) is 21.4 Å². The molecule has 1 unspecified atom stereocenters. The van der Waals surface area contributed by atoms with Gasteiger partial charge in [-0.25, -0.2) is 4.79 Å². The third-order valence-corrected chi connectivity index (χ3v) is 8.45. The van der Waals surface area contributed by atoms with Crippen LogP contribution in [0.5, 0.6) is 0 Å². The van der Waals surface area contributed by atoms with Crippen molar-refractivity contribution in [2.45, 2.75) is 106 Å². The molecule has 1 aliphatic rings. The van der Waals surface area contributed by atoms with E-state index in [-0.39, 0.29) is 89.1 Å². The van der Waals surface area contributed by atoms with E-state index in [1.165, 1.54) is 13.3 Å². The predicted octanol–water partition coefficient (Wildman–Crippen LogP) is 2.63. The molecule has 0 aliphatic carbocycles. The van der Waals surface area contributed by atoms with Gasteiger partial charge in [-0.05, 0) is 61.9 Å². The molecule has 16 nitrogen and oxygen atoms in total. The first kappa shape index (κ1) is 59.3. The Hall–Kier alpha value is -4.78. The van der Waals surface area contributed by atoms with E-state index >= 15 is 0 Å². The number of hydrazine groups is 1. The number of esters is 1. The molecule has 0 saturated carbocycles. The van der Waals surface area contributed by atoms with Crippen molar-refractivity contribution in [3.8, 4) is 0 Å². The Bertz CT molecular complexity index is 1840. The van der Waals surface area contributed by atoms with Gasteiger partial charge in [-0.15, -0.1) is 0 Å². The summed E-state index contributed by atoms with van der Waals surface area (Å²) < 4.78 is 4.88. The summed E-state index contributed by atoms with van der Waals surface area (Å²) in [5, 5.41) is 10.3. The van der Waals surface area contributed by atoms with Crippen molar-refractivity contribution < 1.29 is 84.9 Å². The normalized spacial score (nSPS) is 12.3. The second kappa shape index (κ2) is 34.8. The zero-order valence-corrected chi connectivity index (χ0v) is 41.0. The topological polar surface area (TPSA) is 253 Å². The van der Waals surface area contributed by atoms with Gasteiger partial charge >= 0.3 is 63.4 Å². The van der Waals surface area contributed by atoms with E-state index in [4.69, 9.17) is 22.0 Å². The maximum atomic E-state index is 13.2. The number of rotatable bonds is 17. The van der Waals surface area contributed by atoms with Crippen LogP contribution in [0, 0.1) is 7.43 Å². The summed E-state index contributed by atoms with van der Waals surface area (Å²) in [6, 6.07) is 20.8. The van der Waals surface area contributed by atoms with E-state index in [0.29, 0.717) is 81.7 Å². The third kappa shape index (κ3) is 21.8. The van der Waals surface area contributed by atoms with Crippen LogP contribution < -0.4 is 100 Å². The van der Waals surface area contributed by atoms with Crippen LogP contribution in [0.4, 0.5) is 16.2 Å². The van der Waals surface area contributed by atoms with Gasteiger partial charge in [0.2, 0.25) is 24.1 Å². The molecule has 0 spiro atoms. The van der Waals surface area contributed by atoms with Crippen LogP contribution in [0.25, 0.3) is 11.4 Å². The molecule has 1 heterocycles. The molecule has 62 heavy (non-hydrogen) atoms. The third-order valence-electron chi connectivity index (χ3n) is 8.45. The summed E-state index contributed by atoms with van der Waals surface area (Å²) >= 11 is 0. The molecule has 4 rings (SSSR count). The van der Waals surface area contributed by atoms with E-state index in [1.54, 1.807) is 29.2 Å². The monoisotopic (exact) mass is 885 g/mol. The van der Waals surface area contributed by atoms with Gasteiger partial charge in [-0.1, -0.05) is 88.7 Å². The minimum Gasteiger partial charge on any atom is -0.461 e. The summed E-state index contributed by atoms with van der Waals surface area (Å²) in [7, 11) is 0. The summed E-state index contributed by atoms with van der Waals surface area (Å²) in [5.74, 6) is 5.11. The second-order valence-electron chi connectivity index (χ2n) is 13.2. The number of nitrogens with one attached hydrogen (secondary N) is 5. The van der Waals surface area contributed by atoms with Crippen molar-refractivity contribution in [3.63, 3.8) is 0 Å². The maximum Gasteiger partial charge on any atom is 1.00 e. The molecule has 0 aromatic heterocycles. The fraction of sp³-hybridized carbons (Fsp3) is 0.400. The number of ether oxygens (including phenoxy) is 1. The van der Waals surface area contributed by atoms with E-state index in [2.05, 4.69) is 40.5 Å². The number of hydrogen-bond donors (Lipinski definition) is 8. The van der Waals surface area contributed by atoms with Crippen molar-refractivity contribution in [2.75, 3.05) is 23.3 Å². The fourth-order valence-corrected chi connectivity index (χ4v) is 5.73. The molecule has 3 aromatic carbocycles. The molecule has 0 fully saturated rings. The van der Waals surface area contributed by atoms with Gasteiger partial charge < -0.3 is 55.2 Å². The van der Waals surface area contributed by atoms with Crippen LogP contribution >= 0.6 is 0 Å². The Labute approximate surface area is 410 Å². The number of carbonyl (C=O) groups is 6. The summed E-state index contributed by atoms with van der Waals surface area (Å²) in [4.78, 5) is 70.9. The molecule has 0 radical (unpaired) electrons. The number of amides is 6. The first-order valence-corrected chi connectivity index (χ1v) is 20.4. The van der Waals surface area contributed by atoms with Crippen molar-refractivity contribution in [3.05, 3.63) is 102 Å². The van der Waals surface area contributed by atoms with E-state index in [1.807, 2.05) is 69.3 Å². The quantitative estimate of drug-likeness (QED) is 0.0187. The van der Waals surface area contributed by atoms with Crippen molar-refractivity contribution in [1.29, 1.82) is 0 Å². The van der Waals surface area contributed by atoms with Gasteiger partial charge in [0, 0.05) is 49.7 Å². The Balaban J connectivity index is 0. The number of fused-ring (bicyclic) bond motifs is 2. The van der Waals surface area contributed by atoms with Crippen LogP contribution in [0.15, 0.2) is 72.8 Å². The Kier molecular flexibility index (Phi) is 33.3. The number of primary amides is 1. The van der Waals surface area contributed by atoms with E-state index in [0.717, 1.165) is 27.9 Å². The molecule has 0 saturated heterocycles. The predicted molar refractivity (Wildman–Crippen MR) is 244 cm³/mol. The zero-order valence-electron chi connectivity index (χ0n) is 37.9. The number of nitrogens with two attached hydrogens (primary N) is 3. The van der Waals surface area contributed by atoms with Crippen molar-refractivity contribution in [2.24, 2.45) is 17.3 Å². The SMILES string of the molecule is CC.CC(=O)OCc1ccc(NC(=O)C(CCCNC(N)=O)NC=O)cc1.CCC.CCNC(=O)CCCCC(=O)N1Cc2ccccc2/C(N)=C(/NN)c2ccccc21.[CH3-].[K+]. The molecule has 336 valence electrons. The Morgan fingerprint density at radius 2 is 1.45 bits per heavy atom. The number of hydrogen-bond acceptors (Lipinski definition) is 10. The summed E-state index contributed by atoms with van der Waals surface area (Å²) in [6.07, 6.45) is 4.64. The molecule has 17 heteroatoms. The number of para-hydroxylation sites is 1. The molecule has 1 atom stereocenters. The van der Waals surface area contributed by atoms with Gasteiger partial charge in [0.1, 0.15) is 12.6 Å². The van der Waals surface area contributed by atoms with Gasteiger partial charge in [0.15, 0.2) is 0 Å². The minimum absolute atomic E-state index is 0. The summed E-state index contributed by atoms with van der Waals surface area (Å²) in [5.41, 5.74) is 20.0. The zero-order chi connectivity index (χ0) is 44.9. The maximum absolute atomic E-state index is 13.2. The smallest absolute Gasteiger partial charge is 0.461 e. The molecular formula is C45H68KN9O7. The molecule has 11 N–H and O–H groups in total. The van der Waals surface area contributed by atoms with Crippen LogP contribution in [-0.4, -0.2) is 55.3 Å². The van der Waals surface area contributed by atoms with Gasteiger partial charge in [-0.3, -0.25) is 29.8 Å². The first-order valence-electron chi connectivity index (χ1n) is 20.4. The number of benzene rings is 3. The number of urea groups is 1. The largest absolute Gasteiger partial charge is 1.00 e. The second-order valence-corrected chi connectivity index (χ2v) is 13.2. The average Bonchev–Trinajstić information content (AvgIpc) is 3.23. The molecule has 0 bridgehead atoms. The van der Waals surface area contributed by atoms with Gasteiger partial charge in [0.25, 0.3) is 0 Å². The van der Waals surface area contributed by atoms with Crippen LogP contribution in [0.1, 0.15) is 109 Å². The van der Waals surface area contributed by atoms with Gasteiger partial charge in [0.05, 0.1) is 23.6 Å². The molecule has 6 amide bonds. The minimum atomic E-state index is -0.729. The standard InChI is InChI=1S/C23H29N5O2.C16H22N4O5.C3H8.C2H6.CH3.K/c1-2-26-20(29)13-7-8-14-21(30)28-15-16-9-3-4-10-17(16)22(24)23(27-25)18-11-5-6-12-19(18)28;1-11(22)25-9-12-4-6-13(7-5-12)20-15(23)14(19-10-21)3-2-8-18-16(17)24;1-3-2;1-2;;/h3-6,9-12,27H,2,7-8,13-15,24-25H2,1H3,(H,26,29);4-7,10,14H,2-3,8-9H2,1H3,(H,19,21)(H,20,23)(H3,17,18,24);3H2,1-2H3;1-2H3;1H3;/q;;;;-1;+1/b23-22-;;;;;. The number of carbonyl (C=O) groups excluding carboxylic acids is 6. The first-order chi connectivity index (χ1) is 28.9. The van der Waals surface area contributed by atoms with Crippen LogP contribution in [0.2, 0.25) is 0 Å². The fourth-order valence-electron chi connectivity index (χ4n) is 5.73. The Morgan fingerprint density at radius 1 is 0.855 bits per heavy atom.